The lowest BCUT2D eigenvalue weighted by atomic mass is 9.98. The molecule has 116 valence electrons. The number of ether oxygens (including phenoxy) is 1. The molecule has 2 nitrogen and oxygen atoms in total. The van der Waals surface area contributed by atoms with Crippen LogP contribution in [0.1, 0.15) is 38.3 Å². The van der Waals surface area contributed by atoms with Crippen molar-refractivity contribution in [1.29, 1.82) is 0 Å². The highest BCUT2D eigenvalue weighted by atomic mass is 35.5. The van der Waals surface area contributed by atoms with Crippen molar-refractivity contribution in [3.63, 3.8) is 0 Å². The zero-order valence-corrected chi connectivity index (χ0v) is 12.0. The SMILES string of the molecule is CC(C)CC[C@H](N)c1cc(OC(F)(F)F)ccc1F.Cl. The van der Waals surface area contributed by atoms with Crippen molar-refractivity contribution in [2.75, 3.05) is 0 Å². The summed E-state index contributed by atoms with van der Waals surface area (Å²) in [5.74, 6) is -0.682. The fourth-order valence-electron chi connectivity index (χ4n) is 1.67. The Morgan fingerprint density at radius 3 is 2.30 bits per heavy atom. The second kappa shape index (κ2) is 7.69. The molecule has 0 aromatic heterocycles. The summed E-state index contributed by atoms with van der Waals surface area (Å²) >= 11 is 0. The Balaban J connectivity index is 0.00000361. The Morgan fingerprint density at radius 1 is 1.20 bits per heavy atom. The lowest BCUT2D eigenvalue weighted by molar-refractivity contribution is -0.274. The molecule has 0 aliphatic heterocycles. The smallest absolute Gasteiger partial charge is 0.406 e. The third-order valence-electron chi connectivity index (χ3n) is 2.66. The molecule has 0 aliphatic carbocycles. The normalized spacial score (nSPS) is 13.0. The zero-order chi connectivity index (χ0) is 14.6. The molecule has 1 atom stereocenters. The van der Waals surface area contributed by atoms with E-state index in [9.17, 15) is 17.6 Å². The van der Waals surface area contributed by atoms with E-state index in [0.717, 1.165) is 24.6 Å². The zero-order valence-electron chi connectivity index (χ0n) is 11.2. The molecule has 0 saturated heterocycles. The van der Waals surface area contributed by atoms with E-state index in [1.165, 1.54) is 0 Å². The molecular weight excluding hydrogens is 298 g/mol. The van der Waals surface area contributed by atoms with Crippen LogP contribution in [0.3, 0.4) is 0 Å². The standard InChI is InChI=1S/C13H17F4NO.ClH/c1-8(2)3-6-12(18)10-7-9(4-5-11(10)14)19-13(15,16)17;/h4-5,7-8,12H,3,6,18H2,1-2H3;1H/t12-;/m0./s1. The predicted molar refractivity (Wildman–Crippen MR) is 71.3 cm³/mol. The van der Waals surface area contributed by atoms with E-state index < -0.39 is 24.0 Å². The highest BCUT2D eigenvalue weighted by Crippen LogP contribution is 2.28. The van der Waals surface area contributed by atoms with Crippen LogP contribution in [-0.2, 0) is 0 Å². The average molecular weight is 316 g/mol. The first-order chi connectivity index (χ1) is 8.69. The van der Waals surface area contributed by atoms with Crippen LogP contribution in [0.4, 0.5) is 17.6 Å². The first-order valence-electron chi connectivity index (χ1n) is 6.00. The van der Waals surface area contributed by atoms with E-state index in [1.54, 1.807) is 0 Å². The number of alkyl halides is 3. The minimum absolute atomic E-state index is 0. The van der Waals surface area contributed by atoms with Gasteiger partial charge in [0.2, 0.25) is 0 Å². The molecule has 1 aromatic rings. The Morgan fingerprint density at radius 2 is 1.80 bits per heavy atom. The Kier molecular flexibility index (Phi) is 7.30. The third kappa shape index (κ3) is 6.43. The van der Waals surface area contributed by atoms with Crippen molar-refractivity contribution in [2.45, 2.75) is 39.1 Å². The molecule has 0 bridgehead atoms. The van der Waals surface area contributed by atoms with E-state index in [1.807, 2.05) is 13.8 Å². The first-order valence-corrected chi connectivity index (χ1v) is 6.00. The van der Waals surface area contributed by atoms with Gasteiger partial charge in [0.05, 0.1) is 0 Å². The summed E-state index contributed by atoms with van der Waals surface area (Å²) in [5, 5.41) is 0. The van der Waals surface area contributed by atoms with Crippen LogP contribution in [0.15, 0.2) is 18.2 Å². The molecule has 0 unspecified atom stereocenters. The van der Waals surface area contributed by atoms with E-state index in [4.69, 9.17) is 5.73 Å². The molecule has 0 fully saturated rings. The minimum atomic E-state index is -4.79. The number of halogens is 5. The van der Waals surface area contributed by atoms with Crippen molar-refractivity contribution < 1.29 is 22.3 Å². The maximum Gasteiger partial charge on any atom is 0.573 e. The van der Waals surface area contributed by atoms with E-state index in [2.05, 4.69) is 4.74 Å². The number of rotatable bonds is 5. The van der Waals surface area contributed by atoms with Crippen molar-refractivity contribution in [2.24, 2.45) is 11.7 Å². The fraction of sp³-hybridized carbons (Fsp3) is 0.538. The van der Waals surface area contributed by atoms with Crippen LogP contribution in [0.2, 0.25) is 0 Å². The van der Waals surface area contributed by atoms with E-state index in [-0.39, 0.29) is 18.0 Å². The van der Waals surface area contributed by atoms with Gasteiger partial charge in [0.15, 0.2) is 0 Å². The van der Waals surface area contributed by atoms with Crippen LogP contribution in [0, 0.1) is 11.7 Å². The Hall–Kier alpha value is -1.01. The maximum atomic E-state index is 13.6. The average Bonchev–Trinajstić information content (AvgIpc) is 2.26. The molecule has 0 radical (unpaired) electrons. The molecule has 0 heterocycles. The molecule has 2 N–H and O–H groups in total. The quantitative estimate of drug-likeness (QED) is 0.807. The first kappa shape index (κ1) is 19.0. The summed E-state index contributed by atoms with van der Waals surface area (Å²) in [5.41, 5.74) is 5.84. The Labute approximate surface area is 121 Å². The van der Waals surface area contributed by atoms with Gasteiger partial charge in [-0.3, -0.25) is 0 Å². The third-order valence-corrected chi connectivity index (χ3v) is 2.66. The van der Waals surface area contributed by atoms with Gasteiger partial charge >= 0.3 is 6.36 Å². The number of benzene rings is 1. The molecule has 20 heavy (non-hydrogen) atoms. The van der Waals surface area contributed by atoms with Crippen molar-refractivity contribution in [3.8, 4) is 5.75 Å². The summed E-state index contributed by atoms with van der Waals surface area (Å²) < 4.78 is 53.6. The highest BCUT2D eigenvalue weighted by molar-refractivity contribution is 5.85. The van der Waals surface area contributed by atoms with Gasteiger partial charge in [0.1, 0.15) is 11.6 Å². The molecule has 0 saturated carbocycles. The molecule has 0 aliphatic rings. The van der Waals surface area contributed by atoms with Gasteiger partial charge in [0.25, 0.3) is 0 Å². The molecule has 0 amide bonds. The largest absolute Gasteiger partial charge is 0.573 e. The summed E-state index contributed by atoms with van der Waals surface area (Å²) in [6, 6.07) is 2.24. The van der Waals surface area contributed by atoms with E-state index >= 15 is 0 Å². The molecular formula is C13H18ClF4NO. The summed E-state index contributed by atoms with van der Waals surface area (Å²) in [6.45, 7) is 3.98. The molecule has 1 rings (SSSR count). The van der Waals surface area contributed by atoms with Gasteiger partial charge < -0.3 is 10.5 Å². The van der Waals surface area contributed by atoms with Crippen LogP contribution in [0.5, 0.6) is 5.75 Å². The molecule has 1 aromatic carbocycles. The summed E-state index contributed by atoms with van der Waals surface area (Å²) in [7, 11) is 0. The van der Waals surface area contributed by atoms with Crippen molar-refractivity contribution in [3.05, 3.63) is 29.6 Å². The van der Waals surface area contributed by atoms with Crippen LogP contribution in [-0.4, -0.2) is 6.36 Å². The minimum Gasteiger partial charge on any atom is -0.406 e. The van der Waals surface area contributed by atoms with Gasteiger partial charge in [0, 0.05) is 11.6 Å². The van der Waals surface area contributed by atoms with Crippen LogP contribution in [0.25, 0.3) is 0 Å². The predicted octanol–water partition coefficient (Wildman–Crippen LogP) is 4.58. The number of hydrogen-bond acceptors (Lipinski definition) is 2. The lowest BCUT2D eigenvalue weighted by Gasteiger charge is -2.16. The summed E-state index contributed by atoms with van der Waals surface area (Å²) in [4.78, 5) is 0. The number of nitrogens with two attached hydrogens (primary N) is 1. The maximum absolute atomic E-state index is 13.6. The van der Waals surface area contributed by atoms with Gasteiger partial charge in [-0.2, -0.15) is 0 Å². The van der Waals surface area contributed by atoms with Gasteiger partial charge in [-0.15, -0.1) is 25.6 Å². The second-order valence-corrected chi connectivity index (χ2v) is 4.81. The number of hydrogen-bond donors (Lipinski definition) is 1. The topological polar surface area (TPSA) is 35.2 Å². The van der Waals surface area contributed by atoms with Crippen LogP contribution < -0.4 is 10.5 Å². The Bertz CT molecular complexity index is 423. The second-order valence-electron chi connectivity index (χ2n) is 4.81. The van der Waals surface area contributed by atoms with Crippen molar-refractivity contribution in [1.82, 2.24) is 0 Å². The monoisotopic (exact) mass is 315 g/mol. The lowest BCUT2D eigenvalue weighted by Crippen LogP contribution is -2.18. The van der Waals surface area contributed by atoms with Gasteiger partial charge in [-0.25, -0.2) is 4.39 Å². The van der Waals surface area contributed by atoms with Gasteiger partial charge in [-0.05, 0) is 37.0 Å². The van der Waals surface area contributed by atoms with Crippen LogP contribution >= 0.6 is 12.4 Å². The molecule has 0 spiro atoms. The highest BCUT2D eigenvalue weighted by Gasteiger charge is 2.31. The van der Waals surface area contributed by atoms with E-state index in [0.29, 0.717) is 12.3 Å². The fourth-order valence-corrected chi connectivity index (χ4v) is 1.67. The van der Waals surface area contributed by atoms with Gasteiger partial charge in [-0.1, -0.05) is 13.8 Å². The van der Waals surface area contributed by atoms with Crippen molar-refractivity contribution >= 4 is 12.4 Å². The molecule has 7 heteroatoms. The summed E-state index contributed by atoms with van der Waals surface area (Å²) in [6.07, 6.45) is -3.52.